The van der Waals surface area contributed by atoms with Crippen molar-refractivity contribution in [3.05, 3.63) is 27.8 Å². The van der Waals surface area contributed by atoms with Gasteiger partial charge in [0.15, 0.2) is 0 Å². The first-order chi connectivity index (χ1) is 6.11. The summed E-state index contributed by atoms with van der Waals surface area (Å²) in [5, 5.41) is 2.23. The summed E-state index contributed by atoms with van der Waals surface area (Å²) in [6, 6.07) is 7.56. The second-order valence-electron chi connectivity index (χ2n) is 2.59. The monoisotopic (exact) mass is 309 g/mol. The van der Waals surface area contributed by atoms with E-state index in [0.29, 0.717) is 0 Å². The lowest BCUT2D eigenvalue weighted by molar-refractivity contribution is -0.115. The van der Waals surface area contributed by atoms with Gasteiger partial charge in [-0.05, 0) is 41.6 Å². The molecule has 1 aromatic rings. The zero-order chi connectivity index (χ0) is 9.84. The van der Waals surface area contributed by atoms with Crippen LogP contribution in [-0.2, 0) is 4.79 Å². The summed E-state index contributed by atoms with van der Waals surface area (Å²) in [6.45, 7) is 1.65. The highest BCUT2D eigenvalue weighted by molar-refractivity contribution is 14.1. The van der Waals surface area contributed by atoms with Gasteiger partial charge in [0.05, 0.1) is 5.69 Å². The van der Waals surface area contributed by atoms with Gasteiger partial charge in [-0.1, -0.05) is 12.1 Å². The first-order valence-electron chi connectivity index (χ1n) is 3.80. The van der Waals surface area contributed by atoms with Crippen molar-refractivity contribution in [2.45, 2.75) is 12.3 Å². The standard InChI is InChI=1S/C9H9ClINO/c1-6(10)9(13)12-8-5-3-2-4-7(8)11/h2-6H,1H3,(H,12,13)/t6-/m1/s1. The van der Waals surface area contributed by atoms with E-state index in [2.05, 4.69) is 27.9 Å². The van der Waals surface area contributed by atoms with Crippen LogP contribution in [0, 0.1) is 3.57 Å². The maximum Gasteiger partial charge on any atom is 0.242 e. The summed E-state index contributed by atoms with van der Waals surface area (Å²) in [5.74, 6) is -0.175. The van der Waals surface area contributed by atoms with Crippen molar-refractivity contribution < 1.29 is 4.79 Å². The summed E-state index contributed by atoms with van der Waals surface area (Å²) in [4.78, 5) is 11.2. The Morgan fingerprint density at radius 2 is 2.15 bits per heavy atom. The Kier molecular flexibility index (Phi) is 3.99. The molecule has 0 saturated carbocycles. The number of carbonyl (C=O) groups excluding carboxylic acids is 1. The molecule has 1 N–H and O–H groups in total. The molecule has 0 aromatic heterocycles. The molecule has 0 saturated heterocycles. The molecule has 0 bridgehead atoms. The fourth-order valence-electron chi connectivity index (χ4n) is 0.795. The minimum atomic E-state index is -0.504. The Labute approximate surface area is 95.8 Å². The van der Waals surface area contributed by atoms with E-state index in [1.165, 1.54) is 0 Å². The molecule has 0 unspecified atom stereocenters. The van der Waals surface area contributed by atoms with Crippen molar-refractivity contribution in [3.8, 4) is 0 Å². The van der Waals surface area contributed by atoms with Crippen molar-refractivity contribution in [3.63, 3.8) is 0 Å². The van der Waals surface area contributed by atoms with Crippen LogP contribution in [0.4, 0.5) is 5.69 Å². The third kappa shape index (κ3) is 3.15. The fourth-order valence-corrected chi connectivity index (χ4v) is 1.37. The number of para-hydroxylation sites is 1. The molecule has 1 amide bonds. The number of rotatable bonds is 2. The van der Waals surface area contributed by atoms with Crippen LogP contribution < -0.4 is 5.32 Å². The molecule has 13 heavy (non-hydrogen) atoms. The van der Waals surface area contributed by atoms with Crippen LogP contribution in [0.1, 0.15) is 6.92 Å². The molecule has 1 rings (SSSR count). The molecule has 0 heterocycles. The highest BCUT2D eigenvalue weighted by Crippen LogP contribution is 2.17. The second kappa shape index (κ2) is 4.81. The molecule has 0 aliphatic carbocycles. The largest absolute Gasteiger partial charge is 0.324 e. The SMILES string of the molecule is C[C@@H](Cl)C(=O)Nc1ccccc1I. The van der Waals surface area contributed by atoms with E-state index in [0.717, 1.165) is 9.26 Å². The average Bonchev–Trinajstić information content (AvgIpc) is 2.08. The summed E-state index contributed by atoms with van der Waals surface area (Å²) >= 11 is 7.78. The van der Waals surface area contributed by atoms with Crippen LogP contribution in [0.15, 0.2) is 24.3 Å². The predicted octanol–water partition coefficient (Wildman–Crippen LogP) is 2.86. The van der Waals surface area contributed by atoms with E-state index >= 15 is 0 Å². The van der Waals surface area contributed by atoms with E-state index in [9.17, 15) is 4.79 Å². The van der Waals surface area contributed by atoms with Gasteiger partial charge in [0.2, 0.25) is 5.91 Å². The number of alkyl halides is 1. The molecule has 1 atom stereocenters. The van der Waals surface area contributed by atoms with Crippen LogP contribution in [-0.4, -0.2) is 11.3 Å². The number of anilines is 1. The van der Waals surface area contributed by atoms with Crippen molar-refractivity contribution in [1.82, 2.24) is 0 Å². The molecule has 0 aliphatic heterocycles. The molecule has 0 fully saturated rings. The molecular formula is C9H9ClINO. The zero-order valence-corrected chi connectivity index (χ0v) is 9.96. The van der Waals surface area contributed by atoms with Gasteiger partial charge in [0.1, 0.15) is 5.38 Å². The Balaban J connectivity index is 2.75. The quantitative estimate of drug-likeness (QED) is 0.660. The van der Waals surface area contributed by atoms with Gasteiger partial charge in [0, 0.05) is 3.57 Å². The van der Waals surface area contributed by atoms with Crippen LogP contribution in [0.5, 0.6) is 0 Å². The van der Waals surface area contributed by atoms with E-state index in [1.54, 1.807) is 6.92 Å². The maximum atomic E-state index is 11.2. The van der Waals surface area contributed by atoms with E-state index in [1.807, 2.05) is 24.3 Å². The Morgan fingerprint density at radius 3 is 2.69 bits per heavy atom. The first-order valence-corrected chi connectivity index (χ1v) is 5.32. The Bertz CT molecular complexity index is 314. The average molecular weight is 310 g/mol. The lowest BCUT2D eigenvalue weighted by Gasteiger charge is -2.07. The minimum absolute atomic E-state index is 0.175. The lowest BCUT2D eigenvalue weighted by atomic mass is 10.3. The fraction of sp³-hybridized carbons (Fsp3) is 0.222. The molecule has 70 valence electrons. The van der Waals surface area contributed by atoms with Gasteiger partial charge in [0.25, 0.3) is 0 Å². The Hall–Kier alpha value is -0.290. The number of hydrogen-bond acceptors (Lipinski definition) is 1. The molecular weight excluding hydrogens is 300 g/mol. The number of carbonyl (C=O) groups is 1. The highest BCUT2D eigenvalue weighted by Gasteiger charge is 2.09. The van der Waals surface area contributed by atoms with Crippen molar-refractivity contribution in [2.75, 3.05) is 5.32 Å². The van der Waals surface area contributed by atoms with E-state index in [-0.39, 0.29) is 5.91 Å². The smallest absolute Gasteiger partial charge is 0.242 e. The summed E-state index contributed by atoms with van der Waals surface area (Å²) < 4.78 is 1.01. The normalized spacial score (nSPS) is 12.2. The summed E-state index contributed by atoms with van der Waals surface area (Å²) in [5.41, 5.74) is 0.806. The second-order valence-corrected chi connectivity index (χ2v) is 4.40. The molecule has 1 aromatic carbocycles. The first kappa shape index (κ1) is 10.8. The zero-order valence-electron chi connectivity index (χ0n) is 7.05. The highest BCUT2D eigenvalue weighted by atomic mass is 127. The van der Waals surface area contributed by atoms with E-state index < -0.39 is 5.38 Å². The lowest BCUT2D eigenvalue weighted by Crippen LogP contribution is -2.20. The van der Waals surface area contributed by atoms with Gasteiger partial charge in [-0.3, -0.25) is 4.79 Å². The van der Waals surface area contributed by atoms with Gasteiger partial charge in [-0.2, -0.15) is 0 Å². The molecule has 0 radical (unpaired) electrons. The van der Waals surface area contributed by atoms with E-state index in [4.69, 9.17) is 11.6 Å². The van der Waals surface area contributed by atoms with Crippen molar-refractivity contribution in [1.29, 1.82) is 0 Å². The van der Waals surface area contributed by atoms with Crippen molar-refractivity contribution in [2.24, 2.45) is 0 Å². The number of benzene rings is 1. The van der Waals surface area contributed by atoms with Gasteiger partial charge in [-0.15, -0.1) is 11.6 Å². The van der Waals surface area contributed by atoms with Gasteiger partial charge < -0.3 is 5.32 Å². The van der Waals surface area contributed by atoms with Gasteiger partial charge >= 0.3 is 0 Å². The van der Waals surface area contributed by atoms with Crippen LogP contribution in [0.25, 0.3) is 0 Å². The third-order valence-corrected chi connectivity index (χ3v) is 2.63. The summed E-state index contributed by atoms with van der Waals surface area (Å²) in [6.07, 6.45) is 0. The topological polar surface area (TPSA) is 29.1 Å². The molecule has 0 aliphatic rings. The van der Waals surface area contributed by atoms with Crippen LogP contribution >= 0.6 is 34.2 Å². The third-order valence-electron chi connectivity index (χ3n) is 1.49. The predicted molar refractivity (Wildman–Crippen MR) is 63.1 cm³/mol. The Morgan fingerprint density at radius 1 is 1.54 bits per heavy atom. The number of halogens is 2. The number of amides is 1. The van der Waals surface area contributed by atoms with Crippen LogP contribution in [0.3, 0.4) is 0 Å². The number of nitrogens with one attached hydrogen (secondary N) is 1. The molecule has 2 nitrogen and oxygen atoms in total. The maximum absolute atomic E-state index is 11.2. The number of hydrogen-bond donors (Lipinski definition) is 1. The molecule has 0 spiro atoms. The summed E-state index contributed by atoms with van der Waals surface area (Å²) in [7, 11) is 0. The van der Waals surface area contributed by atoms with Crippen LogP contribution in [0.2, 0.25) is 0 Å². The minimum Gasteiger partial charge on any atom is -0.324 e. The molecule has 4 heteroatoms. The van der Waals surface area contributed by atoms with Gasteiger partial charge in [-0.25, -0.2) is 0 Å². The van der Waals surface area contributed by atoms with Crippen molar-refractivity contribution >= 4 is 45.8 Å².